The van der Waals surface area contributed by atoms with Gasteiger partial charge < -0.3 is 9.64 Å². The highest BCUT2D eigenvalue weighted by Gasteiger charge is 2.46. The van der Waals surface area contributed by atoms with E-state index >= 15 is 0 Å². The number of thiophene rings is 1. The Bertz CT molecular complexity index is 708. The number of likely N-dealkylation sites (tertiary alicyclic amines) is 1. The SMILES string of the molecule is Cc1cscc1C(=O)N1CC[C@]2(C1)OCc1ccccc12. The minimum Gasteiger partial charge on any atom is -0.364 e. The summed E-state index contributed by atoms with van der Waals surface area (Å²) < 4.78 is 6.11. The summed E-state index contributed by atoms with van der Waals surface area (Å²) in [5.74, 6) is 0.138. The van der Waals surface area contributed by atoms with Crippen molar-refractivity contribution in [2.45, 2.75) is 25.6 Å². The largest absolute Gasteiger partial charge is 0.364 e. The molecule has 4 rings (SSSR count). The molecule has 4 heteroatoms. The molecule has 1 atom stereocenters. The van der Waals surface area contributed by atoms with Crippen LogP contribution in [0.4, 0.5) is 0 Å². The van der Waals surface area contributed by atoms with Gasteiger partial charge in [-0.3, -0.25) is 4.79 Å². The first-order valence-electron chi connectivity index (χ1n) is 7.24. The number of fused-ring (bicyclic) bond motifs is 2. The third-order valence-electron chi connectivity index (χ3n) is 4.62. The van der Waals surface area contributed by atoms with Crippen LogP contribution in [0.25, 0.3) is 0 Å². The molecule has 3 nitrogen and oxygen atoms in total. The molecule has 2 aliphatic rings. The smallest absolute Gasteiger partial charge is 0.255 e. The second-order valence-electron chi connectivity index (χ2n) is 5.89. The lowest BCUT2D eigenvalue weighted by molar-refractivity contribution is -0.0283. The third-order valence-corrected chi connectivity index (χ3v) is 5.48. The van der Waals surface area contributed by atoms with E-state index in [1.165, 1.54) is 11.1 Å². The van der Waals surface area contributed by atoms with E-state index in [1.807, 2.05) is 28.7 Å². The molecule has 1 saturated heterocycles. The van der Waals surface area contributed by atoms with E-state index in [0.29, 0.717) is 13.2 Å². The molecular formula is C17H17NO2S. The molecule has 3 heterocycles. The predicted octanol–water partition coefficient (Wildman–Crippen LogP) is 3.33. The lowest BCUT2D eigenvalue weighted by Crippen LogP contribution is -2.34. The lowest BCUT2D eigenvalue weighted by atomic mass is 9.92. The van der Waals surface area contributed by atoms with E-state index in [9.17, 15) is 4.79 Å². The Balaban J connectivity index is 1.62. The number of nitrogens with zero attached hydrogens (tertiary/aromatic N) is 1. The number of rotatable bonds is 1. The third kappa shape index (κ3) is 1.93. The monoisotopic (exact) mass is 299 g/mol. The van der Waals surface area contributed by atoms with Crippen molar-refractivity contribution in [3.63, 3.8) is 0 Å². The normalized spacial score (nSPS) is 23.8. The Morgan fingerprint density at radius 3 is 3.00 bits per heavy atom. The molecule has 1 aromatic carbocycles. The summed E-state index contributed by atoms with van der Waals surface area (Å²) in [5, 5.41) is 3.98. The maximum Gasteiger partial charge on any atom is 0.255 e. The van der Waals surface area contributed by atoms with Gasteiger partial charge in [0.05, 0.1) is 18.7 Å². The van der Waals surface area contributed by atoms with Crippen LogP contribution in [-0.4, -0.2) is 23.9 Å². The van der Waals surface area contributed by atoms with Crippen LogP contribution >= 0.6 is 11.3 Å². The number of aryl methyl sites for hydroxylation is 1. The maximum atomic E-state index is 12.7. The summed E-state index contributed by atoms with van der Waals surface area (Å²) in [7, 11) is 0. The van der Waals surface area contributed by atoms with Crippen molar-refractivity contribution in [3.05, 3.63) is 57.3 Å². The van der Waals surface area contributed by atoms with E-state index in [4.69, 9.17) is 4.74 Å². The van der Waals surface area contributed by atoms with Gasteiger partial charge in [0.2, 0.25) is 0 Å². The topological polar surface area (TPSA) is 29.5 Å². The van der Waals surface area contributed by atoms with Crippen LogP contribution in [0.3, 0.4) is 0 Å². The van der Waals surface area contributed by atoms with Gasteiger partial charge in [-0.15, -0.1) is 0 Å². The van der Waals surface area contributed by atoms with Gasteiger partial charge in [-0.05, 0) is 35.4 Å². The van der Waals surface area contributed by atoms with Gasteiger partial charge in [-0.25, -0.2) is 0 Å². The molecule has 0 N–H and O–H groups in total. The van der Waals surface area contributed by atoms with E-state index in [1.54, 1.807) is 11.3 Å². The predicted molar refractivity (Wildman–Crippen MR) is 82.5 cm³/mol. The summed E-state index contributed by atoms with van der Waals surface area (Å²) in [6.45, 7) is 4.09. The maximum absolute atomic E-state index is 12.7. The highest BCUT2D eigenvalue weighted by atomic mass is 32.1. The van der Waals surface area contributed by atoms with Crippen LogP contribution in [0.2, 0.25) is 0 Å². The molecule has 0 saturated carbocycles. The van der Waals surface area contributed by atoms with Crippen LogP contribution < -0.4 is 0 Å². The second-order valence-corrected chi connectivity index (χ2v) is 6.63. The zero-order valence-electron chi connectivity index (χ0n) is 12.0. The Morgan fingerprint density at radius 2 is 2.19 bits per heavy atom. The summed E-state index contributed by atoms with van der Waals surface area (Å²) in [6.07, 6.45) is 0.888. The van der Waals surface area contributed by atoms with Crippen molar-refractivity contribution in [2.75, 3.05) is 13.1 Å². The first-order chi connectivity index (χ1) is 10.2. The number of ether oxygens (including phenoxy) is 1. The zero-order valence-corrected chi connectivity index (χ0v) is 12.8. The molecule has 0 unspecified atom stereocenters. The highest BCUT2D eigenvalue weighted by molar-refractivity contribution is 7.08. The number of carbonyl (C=O) groups is 1. The van der Waals surface area contributed by atoms with Crippen molar-refractivity contribution < 1.29 is 9.53 Å². The average molecular weight is 299 g/mol. The Kier molecular flexibility index (Phi) is 2.91. The molecule has 21 heavy (non-hydrogen) atoms. The molecule has 1 spiro atoms. The summed E-state index contributed by atoms with van der Waals surface area (Å²) in [4.78, 5) is 14.6. The highest BCUT2D eigenvalue weighted by Crippen LogP contribution is 2.43. The van der Waals surface area contributed by atoms with Crippen molar-refractivity contribution in [1.82, 2.24) is 4.90 Å². The van der Waals surface area contributed by atoms with Gasteiger partial charge in [-0.1, -0.05) is 24.3 Å². The Labute approximate surface area is 128 Å². The molecule has 1 aromatic heterocycles. The molecule has 2 aromatic rings. The van der Waals surface area contributed by atoms with Crippen LogP contribution in [0, 0.1) is 6.92 Å². The molecule has 108 valence electrons. The first-order valence-corrected chi connectivity index (χ1v) is 8.18. The summed E-state index contributed by atoms with van der Waals surface area (Å²) >= 11 is 1.59. The van der Waals surface area contributed by atoms with E-state index in [0.717, 1.165) is 24.1 Å². The van der Waals surface area contributed by atoms with Gasteiger partial charge in [0, 0.05) is 11.9 Å². The van der Waals surface area contributed by atoms with Gasteiger partial charge in [-0.2, -0.15) is 11.3 Å². The van der Waals surface area contributed by atoms with Gasteiger partial charge in [0.1, 0.15) is 5.60 Å². The van der Waals surface area contributed by atoms with Crippen molar-refractivity contribution in [1.29, 1.82) is 0 Å². The van der Waals surface area contributed by atoms with Crippen LogP contribution in [-0.2, 0) is 16.9 Å². The van der Waals surface area contributed by atoms with Gasteiger partial charge in [0.25, 0.3) is 5.91 Å². The fourth-order valence-corrected chi connectivity index (χ4v) is 4.25. The van der Waals surface area contributed by atoms with Gasteiger partial charge >= 0.3 is 0 Å². The fourth-order valence-electron chi connectivity index (χ4n) is 3.43. The van der Waals surface area contributed by atoms with Crippen molar-refractivity contribution in [2.24, 2.45) is 0 Å². The summed E-state index contributed by atoms with van der Waals surface area (Å²) in [5.41, 5.74) is 4.15. The zero-order chi connectivity index (χ0) is 14.4. The molecule has 0 radical (unpaired) electrons. The summed E-state index contributed by atoms with van der Waals surface area (Å²) in [6, 6.07) is 8.38. The van der Waals surface area contributed by atoms with Crippen molar-refractivity contribution >= 4 is 17.2 Å². The van der Waals surface area contributed by atoms with Crippen LogP contribution in [0.1, 0.15) is 33.5 Å². The lowest BCUT2D eigenvalue weighted by Gasteiger charge is -2.24. The van der Waals surface area contributed by atoms with E-state index in [2.05, 4.69) is 18.2 Å². The quantitative estimate of drug-likeness (QED) is 0.808. The fraction of sp³-hybridized carbons (Fsp3) is 0.353. The van der Waals surface area contributed by atoms with Crippen LogP contribution in [0.15, 0.2) is 35.0 Å². The van der Waals surface area contributed by atoms with Crippen LogP contribution in [0.5, 0.6) is 0 Å². The van der Waals surface area contributed by atoms with E-state index < -0.39 is 0 Å². The minimum atomic E-state index is -0.282. The number of amides is 1. The Hall–Kier alpha value is -1.65. The number of carbonyl (C=O) groups excluding carboxylic acids is 1. The molecule has 1 fully saturated rings. The van der Waals surface area contributed by atoms with Crippen molar-refractivity contribution in [3.8, 4) is 0 Å². The standard InChI is InChI=1S/C17H17NO2S/c1-12-9-21-10-14(12)16(19)18-7-6-17(11-18)15-5-3-2-4-13(15)8-20-17/h2-5,9-10H,6-8,11H2,1H3/t17-/m1/s1. The van der Waals surface area contributed by atoms with Gasteiger partial charge in [0.15, 0.2) is 0 Å². The first kappa shape index (κ1) is 13.0. The molecular weight excluding hydrogens is 282 g/mol. The molecule has 0 bridgehead atoms. The molecule has 0 aliphatic carbocycles. The number of benzene rings is 1. The Morgan fingerprint density at radius 1 is 1.33 bits per heavy atom. The number of hydrogen-bond donors (Lipinski definition) is 0. The number of hydrogen-bond acceptors (Lipinski definition) is 3. The molecule has 2 aliphatic heterocycles. The minimum absolute atomic E-state index is 0.138. The molecule has 1 amide bonds. The van der Waals surface area contributed by atoms with E-state index in [-0.39, 0.29) is 11.5 Å². The second kappa shape index (κ2) is 4.68. The average Bonchev–Trinajstić information content (AvgIpc) is 3.20.